The van der Waals surface area contributed by atoms with E-state index >= 15 is 0 Å². The van der Waals surface area contributed by atoms with Crippen molar-refractivity contribution in [3.8, 4) is 0 Å². The molecule has 16 heavy (non-hydrogen) atoms. The lowest BCUT2D eigenvalue weighted by molar-refractivity contribution is -0.123. The lowest BCUT2D eigenvalue weighted by Gasteiger charge is -2.22. The highest BCUT2D eigenvalue weighted by molar-refractivity contribution is 9.11. The molecule has 0 fully saturated rings. The smallest absolute Gasteiger partial charge is 0.312 e. The third-order valence-electron chi connectivity index (χ3n) is 2.25. The first-order chi connectivity index (χ1) is 7.38. The molecule has 0 spiro atoms. The van der Waals surface area contributed by atoms with Gasteiger partial charge in [0, 0.05) is 11.0 Å². The van der Waals surface area contributed by atoms with Crippen LogP contribution in [0.5, 0.6) is 0 Å². The van der Waals surface area contributed by atoms with E-state index < -0.39 is 12.1 Å². The Morgan fingerprint density at radius 2 is 2.06 bits per heavy atom. The van der Waals surface area contributed by atoms with Crippen LogP contribution >= 0.6 is 15.9 Å². The zero-order chi connectivity index (χ0) is 12.7. The van der Waals surface area contributed by atoms with Gasteiger partial charge >= 0.3 is 6.03 Å². The number of primary amides is 1. The molecule has 0 aliphatic heterocycles. The van der Waals surface area contributed by atoms with Gasteiger partial charge in [0.05, 0.1) is 0 Å². The number of carbonyl (C=O) groups is 2. The number of carbonyl (C=O) groups excluding carboxylic acids is 2. The van der Waals surface area contributed by atoms with Crippen LogP contribution < -0.4 is 16.4 Å². The Hall–Kier alpha value is -1.04. The Bertz CT molecular complexity index is 281. The Kier molecular flexibility index (Phi) is 6.80. The van der Waals surface area contributed by atoms with Gasteiger partial charge in [0.2, 0.25) is 5.91 Å². The SMILES string of the molecule is C=C(Br)CNC(=O)C(NC(N)=O)C(C)CC. The Labute approximate surface area is 104 Å². The number of halogens is 1. The molecule has 0 aliphatic rings. The Morgan fingerprint density at radius 3 is 2.44 bits per heavy atom. The van der Waals surface area contributed by atoms with Crippen molar-refractivity contribution in [1.29, 1.82) is 0 Å². The summed E-state index contributed by atoms with van der Waals surface area (Å²) in [6.45, 7) is 7.75. The molecule has 0 aromatic heterocycles. The van der Waals surface area contributed by atoms with Gasteiger partial charge in [-0.1, -0.05) is 42.8 Å². The van der Waals surface area contributed by atoms with Crippen molar-refractivity contribution in [1.82, 2.24) is 10.6 Å². The molecule has 0 saturated carbocycles. The number of rotatable bonds is 6. The van der Waals surface area contributed by atoms with Gasteiger partial charge in [0.25, 0.3) is 0 Å². The van der Waals surface area contributed by atoms with Gasteiger partial charge < -0.3 is 16.4 Å². The van der Waals surface area contributed by atoms with Crippen molar-refractivity contribution < 1.29 is 9.59 Å². The molecule has 92 valence electrons. The first kappa shape index (κ1) is 15.0. The standard InChI is InChI=1S/C10H18BrN3O2/c1-4-6(2)8(14-10(12)16)9(15)13-5-7(3)11/h6,8H,3-5H2,1-2H3,(H,13,15)(H3,12,14,16). The fourth-order valence-electron chi connectivity index (χ4n) is 1.15. The summed E-state index contributed by atoms with van der Waals surface area (Å²) in [5.74, 6) is -0.232. The highest BCUT2D eigenvalue weighted by Crippen LogP contribution is 2.08. The molecule has 0 saturated heterocycles. The van der Waals surface area contributed by atoms with E-state index in [1.165, 1.54) is 0 Å². The lowest BCUT2D eigenvalue weighted by atomic mass is 9.98. The van der Waals surface area contributed by atoms with E-state index in [4.69, 9.17) is 5.73 Å². The maximum atomic E-state index is 11.7. The third kappa shape index (κ3) is 5.75. The van der Waals surface area contributed by atoms with Crippen LogP contribution in [0, 0.1) is 5.92 Å². The number of nitrogens with two attached hydrogens (primary N) is 1. The summed E-state index contributed by atoms with van der Waals surface area (Å²) in [6, 6.07) is -1.30. The van der Waals surface area contributed by atoms with Gasteiger partial charge in [-0.3, -0.25) is 4.79 Å². The van der Waals surface area contributed by atoms with Crippen LogP contribution in [0.4, 0.5) is 4.79 Å². The van der Waals surface area contributed by atoms with Crippen LogP contribution in [0.25, 0.3) is 0 Å². The first-order valence-electron chi connectivity index (χ1n) is 5.05. The molecule has 0 heterocycles. The minimum absolute atomic E-state index is 0.0242. The monoisotopic (exact) mass is 291 g/mol. The molecule has 3 amide bonds. The van der Waals surface area contributed by atoms with E-state index in [0.29, 0.717) is 11.0 Å². The van der Waals surface area contributed by atoms with Crippen LogP contribution in [-0.4, -0.2) is 24.5 Å². The van der Waals surface area contributed by atoms with Crippen LogP contribution in [0.1, 0.15) is 20.3 Å². The van der Waals surface area contributed by atoms with E-state index in [-0.39, 0.29) is 11.8 Å². The van der Waals surface area contributed by atoms with E-state index in [0.717, 1.165) is 6.42 Å². The molecular weight excluding hydrogens is 274 g/mol. The highest BCUT2D eigenvalue weighted by atomic mass is 79.9. The molecule has 2 atom stereocenters. The molecule has 0 aliphatic carbocycles. The zero-order valence-corrected chi connectivity index (χ0v) is 11.1. The van der Waals surface area contributed by atoms with Gasteiger partial charge in [-0.15, -0.1) is 0 Å². The Balaban J connectivity index is 4.43. The number of hydrogen-bond donors (Lipinski definition) is 3. The fourth-order valence-corrected chi connectivity index (χ4v) is 1.29. The number of amides is 3. The summed E-state index contributed by atoms with van der Waals surface area (Å²) in [4.78, 5) is 22.5. The Morgan fingerprint density at radius 1 is 1.50 bits per heavy atom. The van der Waals surface area contributed by atoms with Crippen molar-refractivity contribution in [2.24, 2.45) is 11.7 Å². The van der Waals surface area contributed by atoms with Gasteiger partial charge in [-0.25, -0.2) is 4.79 Å². The van der Waals surface area contributed by atoms with Gasteiger partial charge in [0.15, 0.2) is 0 Å². The highest BCUT2D eigenvalue weighted by Gasteiger charge is 2.24. The van der Waals surface area contributed by atoms with E-state index in [9.17, 15) is 9.59 Å². The van der Waals surface area contributed by atoms with Crippen molar-refractivity contribution in [2.75, 3.05) is 6.54 Å². The van der Waals surface area contributed by atoms with Crippen LogP contribution in [0.15, 0.2) is 11.1 Å². The largest absolute Gasteiger partial charge is 0.352 e. The normalized spacial score (nSPS) is 13.7. The van der Waals surface area contributed by atoms with Gasteiger partial charge in [0.1, 0.15) is 6.04 Å². The van der Waals surface area contributed by atoms with Crippen molar-refractivity contribution >= 4 is 27.9 Å². The summed E-state index contributed by atoms with van der Waals surface area (Å²) in [5, 5.41) is 5.08. The van der Waals surface area contributed by atoms with Crippen LogP contribution in [0.3, 0.4) is 0 Å². The number of urea groups is 1. The fraction of sp³-hybridized carbons (Fsp3) is 0.600. The topological polar surface area (TPSA) is 84.2 Å². The average Bonchev–Trinajstić information content (AvgIpc) is 2.21. The third-order valence-corrected chi connectivity index (χ3v) is 2.53. The molecule has 4 N–H and O–H groups in total. The quantitative estimate of drug-likeness (QED) is 0.684. The van der Waals surface area contributed by atoms with E-state index in [1.807, 2.05) is 13.8 Å². The van der Waals surface area contributed by atoms with Crippen molar-refractivity contribution in [3.05, 3.63) is 11.1 Å². The van der Waals surface area contributed by atoms with Crippen molar-refractivity contribution in [3.63, 3.8) is 0 Å². The molecule has 0 aromatic rings. The predicted molar refractivity (Wildman–Crippen MR) is 67.0 cm³/mol. The van der Waals surface area contributed by atoms with Crippen LogP contribution in [0.2, 0.25) is 0 Å². The summed E-state index contributed by atoms with van der Waals surface area (Å²) in [5.41, 5.74) is 5.02. The molecule has 5 nitrogen and oxygen atoms in total. The molecule has 0 radical (unpaired) electrons. The van der Waals surface area contributed by atoms with Gasteiger partial charge in [-0.2, -0.15) is 0 Å². The van der Waals surface area contributed by atoms with E-state index in [1.54, 1.807) is 0 Å². The van der Waals surface area contributed by atoms with Gasteiger partial charge in [-0.05, 0) is 5.92 Å². The second-order valence-corrected chi connectivity index (χ2v) is 4.73. The molecule has 0 rings (SSSR count). The van der Waals surface area contributed by atoms with Crippen molar-refractivity contribution in [2.45, 2.75) is 26.3 Å². The number of nitrogens with one attached hydrogen (secondary N) is 2. The maximum absolute atomic E-state index is 11.7. The summed E-state index contributed by atoms with van der Waals surface area (Å²) < 4.78 is 0.669. The molecule has 2 unspecified atom stereocenters. The summed E-state index contributed by atoms with van der Waals surface area (Å²) in [6.07, 6.45) is 0.771. The number of hydrogen-bond acceptors (Lipinski definition) is 2. The minimum atomic E-state index is -0.696. The van der Waals surface area contributed by atoms with E-state index in [2.05, 4.69) is 33.1 Å². The molecule has 6 heteroatoms. The second-order valence-electron chi connectivity index (χ2n) is 3.61. The lowest BCUT2D eigenvalue weighted by Crippen LogP contribution is -2.51. The summed E-state index contributed by atoms with van der Waals surface area (Å²) in [7, 11) is 0. The predicted octanol–water partition coefficient (Wildman–Crippen LogP) is 1.09. The zero-order valence-electron chi connectivity index (χ0n) is 9.55. The average molecular weight is 292 g/mol. The minimum Gasteiger partial charge on any atom is -0.352 e. The second kappa shape index (κ2) is 7.27. The molecule has 0 aromatic carbocycles. The maximum Gasteiger partial charge on any atom is 0.312 e. The molecular formula is C10H18BrN3O2. The first-order valence-corrected chi connectivity index (χ1v) is 5.84. The van der Waals surface area contributed by atoms with Crippen LogP contribution in [-0.2, 0) is 4.79 Å². The summed E-state index contributed by atoms with van der Waals surface area (Å²) >= 11 is 3.14. The molecule has 0 bridgehead atoms.